The van der Waals surface area contributed by atoms with Gasteiger partial charge in [-0.25, -0.2) is 0 Å². The summed E-state index contributed by atoms with van der Waals surface area (Å²) in [5, 5.41) is 11.6. The van der Waals surface area contributed by atoms with E-state index in [1.165, 1.54) is 17.0 Å². The minimum Gasteiger partial charge on any atom is -0.480 e. The Balaban J connectivity index is 2.09. The van der Waals surface area contributed by atoms with Crippen molar-refractivity contribution in [3.05, 3.63) is 35.4 Å². The average molecular weight is 330 g/mol. The topological polar surface area (TPSA) is 69.6 Å². The average Bonchev–Trinajstić information content (AvgIpc) is 2.87. The van der Waals surface area contributed by atoms with Crippen LogP contribution in [-0.2, 0) is 11.0 Å². The normalized spacial score (nSPS) is 21.5. The Morgan fingerprint density at radius 1 is 1.39 bits per heavy atom. The smallest absolute Gasteiger partial charge is 0.416 e. The highest BCUT2D eigenvalue weighted by Gasteiger charge is 2.37. The minimum absolute atomic E-state index is 0.0256. The van der Waals surface area contributed by atoms with Crippen LogP contribution in [0.15, 0.2) is 24.3 Å². The molecule has 0 bridgehead atoms. The van der Waals surface area contributed by atoms with E-state index in [0.29, 0.717) is 13.0 Å². The first kappa shape index (κ1) is 17.3. The van der Waals surface area contributed by atoms with E-state index in [1.54, 1.807) is 6.92 Å². The molecule has 1 unspecified atom stereocenters. The fourth-order valence-corrected chi connectivity index (χ4v) is 2.58. The highest BCUT2D eigenvalue weighted by atomic mass is 19.4. The number of amides is 1. The molecule has 1 amide bonds. The number of hydrogen-bond donors (Lipinski definition) is 2. The molecule has 1 heterocycles. The molecular weight excluding hydrogens is 313 g/mol. The molecule has 5 nitrogen and oxygen atoms in total. The van der Waals surface area contributed by atoms with Gasteiger partial charge in [-0.05, 0) is 31.5 Å². The van der Waals surface area contributed by atoms with Crippen molar-refractivity contribution >= 4 is 11.9 Å². The number of nitrogens with zero attached hydrogens (tertiary/aromatic N) is 1. The van der Waals surface area contributed by atoms with Crippen LogP contribution in [0.2, 0.25) is 0 Å². The third-order valence-corrected chi connectivity index (χ3v) is 3.86. The van der Waals surface area contributed by atoms with Crippen molar-refractivity contribution in [2.45, 2.75) is 25.1 Å². The number of nitrogens with one attached hydrogen (secondary N) is 1. The van der Waals surface area contributed by atoms with Gasteiger partial charge in [-0.3, -0.25) is 14.9 Å². The van der Waals surface area contributed by atoms with Gasteiger partial charge >= 0.3 is 12.1 Å². The number of aliphatic carboxylic acids is 1. The fourth-order valence-electron chi connectivity index (χ4n) is 2.58. The Kier molecular flexibility index (Phi) is 4.65. The van der Waals surface area contributed by atoms with E-state index in [9.17, 15) is 22.8 Å². The molecule has 0 radical (unpaired) electrons. The van der Waals surface area contributed by atoms with E-state index >= 15 is 0 Å². The first-order chi connectivity index (χ1) is 10.6. The zero-order chi connectivity index (χ0) is 17.3. The van der Waals surface area contributed by atoms with Crippen LogP contribution in [0.25, 0.3) is 0 Å². The number of halogens is 3. The number of benzene rings is 1. The molecule has 23 heavy (non-hydrogen) atoms. The maximum atomic E-state index is 12.7. The van der Waals surface area contributed by atoms with Gasteiger partial charge in [-0.1, -0.05) is 6.07 Å². The van der Waals surface area contributed by atoms with Gasteiger partial charge in [0.05, 0.1) is 12.1 Å². The monoisotopic (exact) mass is 330 g/mol. The van der Waals surface area contributed by atoms with Crippen molar-refractivity contribution in [3.63, 3.8) is 0 Å². The van der Waals surface area contributed by atoms with Gasteiger partial charge in [0, 0.05) is 24.2 Å². The number of hydrogen-bond acceptors (Lipinski definition) is 3. The Morgan fingerprint density at radius 3 is 2.70 bits per heavy atom. The number of carboxylic acid groups (broad SMARTS) is 1. The number of carbonyl (C=O) groups is 2. The van der Waals surface area contributed by atoms with Gasteiger partial charge in [0.1, 0.15) is 0 Å². The van der Waals surface area contributed by atoms with Crippen molar-refractivity contribution in [1.82, 2.24) is 10.2 Å². The van der Waals surface area contributed by atoms with Crippen LogP contribution in [0.1, 0.15) is 29.3 Å². The minimum atomic E-state index is -4.50. The molecule has 8 heteroatoms. The van der Waals surface area contributed by atoms with Gasteiger partial charge in [0.25, 0.3) is 5.91 Å². The molecule has 2 N–H and O–H groups in total. The molecule has 1 aliphatic rings. The van der Waals surface area contributed by atoms with Crippen molar-refractivity contribution < 1.29 is 27.9 Å². The second-order valence-electron chi connectivity index (χ2n) is 5.86. The van der Waals surface area contributed by atoms with Gasteiger partial charge in [-0.2, -0.15) is 13.2 Å². The van der Waals surface area contributed by atoms with Crippen molar-refractivity contribution in [2.24, 2.45) is 0 Å². The predicted octanol–water partition coefficient (Wildman–Crippen LogP) is 1.98. The maximum absolute atomic E-state index is 12.7. The quantitative estimate of drug-likeness (QED) is 0.886. The molecule has 0 saturated carbocycles. The van der Waals surface area contributed by atoms with Crippen LogP contribution in [0.3, 0.4) is 0 Å². The summed E-state index contributed by atoms with van der Waals surface area (Å²) in [5.41, 5.74) is -1.45. The first-order valence-corrected chi connectivity index (χ1v) is 7.04. The molecule has 1 aromatic carbocycles. The Hall–Kier alpha value is -2.09. The summed E-state index contributed by atoms with van der Waals surface area (Å²) in [6.45, 7) is 2.16. The summed E-state index contributed by atoms with van der Waals surface area (Å²) in [5.74, 6) is -1.49. The van der Waals surface area contributed by atoms with Crippen molar-refractivity contribution in [3.8, 4) is 0 Å². The predicted molar refractivity (Wildman–Crippen MR) is 76.0 cm³/mol. The lowest BCUT2D eigenvalue weighted by Gasteiger charge is -2.25. The van der Waals surface area contributed by atoms with Gasteiger partial charge in [0.2, 0.25) is 0 Å². The van der Waals surface area contributed by atoms with E-state index in [2.05, 4.69) is 5.32 Å². The SMILES string of the molecule is CC1(NCC(=O)O)CCN(C(=O)c2cccc(C(F)(F)F)c2)C1. The molecule has 0 aliphatic carbocycles. The highest BCUT2D eigenvalue weighted by Crippen LogP contribution is 2.30. The summed E-state index contributed by atoms with van der Waals surface area (Å²) in [6.07, 6.45) is -3.97. The number of alkyl halides is 3. The van der Waals surface area contributed by atoms with Crippen LogP contribution in [-0.4, -0.2) is 47.1 Å². The lowest BCUT2D eigenvalue weighted by atomic mass is 10.0. The Labute approximate surface area is 131 Å². The second-order valence-corrected chi connectivity index (χ2v) is 5.86. The van der Waals surface area contributed by atoms with Crippen LogP contribution < -0.4 is 5.32 Å². The number of carbonyl (C=O) groups excluding carboxylic acids is 1. The standard InChI is InChI=1S/C15H17F3N2O3/c1-14(19-8-12(21)22)5-6-20(9-14)13(23)10-3-2-4-11(7-10)15(16,17)18/h2-4,7,19H,5-6,8-9H2,1H3,(H,21,22). The van der Waals surface area contributed by atoms with Crippen molar-refractivity contribution in [1.29, 1.82) is 0 Å². The fraction of sp³-hybridized carbons (Fsp3) is 0.467. The molecular formula is C15H17F3N2O3. The second kappa shape index (κ2) is 6.19. The number of rotatable bonds is 4. The van der Waals surface area contributed by atoms with Crippen molar-refractivity contribution in [2.75, 3.05) is 19.6 Å². The Morgan fingerprint density at radius 2 is 2.09 bits per heavy atom. The van der Waals surface area contributed by atoms with E-state index in [-0.39, 0.29) is 18.7 Å². The maximum Gasteiger partial charge on any atom is 0.416 e. The van der Waals surface area contributed by atoms with Gasteiger partial charge < -0.3 is 10.0 Å². The number of carboxylic acids is 1. The largest absolute Gasteiger partial charge is 0.480 e. The Bertz CT molecular complexity index is 618. The summed E-state index contributed by atoms with van der Waals surface area (Å²) < 4.78 is 38.2. The summed E-state index contributed by atoms with van der Waals surface area (Å²) in [4.78, 5) is 24.4. The van der Waals surface area contributed by atoms with Crippen LogP contribution >= 0.6 is 0 Å². The van der Waals surface area contributed by atoms with Gasteiger partial charge in [0.15, 0.2) is 0 Å². The van der Waals surface area contributed by atoms with Crippen LogP contribution in [0.5, 0.6) is 0 Å². The summed E-state index contributed by atoms with van der Waals surface area (Å²) >= 11 is 0. The van der Waals surface area contributed by atoms with E-state index < -0.39 is 29.2 Å². The summed E-state index contributed by atoms with van der Waals surface area (Å²) in [7, 11) is 0. The molecule has 1 atom stereocenters. The molecule has 1 aliphatic heterocycles. The molecule has 1 aromatic rings. The molecule has 1 saturated heterocycles. The molecule has 0 spiro atoms. The van der Waals surface area contributed by atoms with Crippen LogP contribution in [0.4, 0.5) is 13.2 Å². The molecule has 126 valence electrons. The van der Waals surface area contributed by atoms with Crippen LogP contribution in [0, 0.1) is 0 Å². The zero-order valence-corrected chi connectivity index (χ0v) is 12.5. The molecule has 0 aromatic heterocycles. The third-order valence-electron chi connectivity index (χ3n) is 3.86. The molecule has 2 rings (SSSR count). The van der Waals surface area contributed by atoms with E-state index in [4.69, 9.17) is 5.11 Å². The van der Waals surface area contributed by atoms with E-state index in [0.717, 1.165) is 12.1 Å². The highest BCUT2D eigenvalue weighted by molar-refractivity contribution is 5.94. The molecule has 1 fully saturated rings. The third kappa shape index (κ3) is 4.22. The first-order valence-electron chi connectivity index (χ1n) is 7.04. The van der Waals surface area contributed by atoms with Gasteiger partial charge in [-0.15, -0.1) is 0 Å². The summed E-state index contributed by atoms with van der Waals surface area (Å²) in [6, 6.07) is 4.30. The zero-order valence-electron chi connectivity index (χ0n) is 12.5. The van der Waals surface area contributed by atoms with E-state index in [1.807, 2.05) is 0 Å². The lowest BCUT2D eigenvalue weighted by molar-refractivity contribution is -0.138. The number of likely N-dealkylation sites (tertiary alicyclic amines) is 1. The lowest BCUT2D eigenvalue weighted by Crippen LogP contribution is -2.47.